The number of ether oxygens (including phenoxy) is 1. The van der Waals surface area contributed by atoms with Gasteiger partial charge < -0.3 is 14.7 Å². The van der Waals surface area contributed by atoms with Crippen molar-refractivity contribution in [2.45, 2.75) is 51.8 Å². The summed E-state index contributed by atoms with van der Waals surface area (Å²) < 4.78 is 5.59. The van der Waals surface area contributed by atoms with Gasteiger partial charge in [0.25, 0.3) is 0 Å². The summed E-state index contributed by atoms with van der Waals surface area (Å²) in [7, 11) is 0. The summed E-state index contributed by atoms with van der Waals surface area (Å²) in [6.45, 7) is 7.34. The lowest BCUT2D eigenvalue weighted by Gasteiger charge is -2.33. The van der Waals surface area contributed by atoms with E-state index in [0.717, 1.165) is 5.56 Å². The van der Waals surface area contributed by atoms with E-state index in [-0.39, 0.29) is 13.0 Å². The molecule has 0 aliphatic carbocycles. The van der Waals surface area contributed by atoms with Crippen LogP contribution in [0.15, 0.2) is 64.1 Å². The first kappa shape index (κ1) is 26.7. The van der Waals surface area contributed by atoms with Crippen LogP contribution in [0.3, 0.4) is 0 Å². The summed E-state index contributed by atoms with van der Waals surface area (Å²) in [4.78, 5) is 36.0. The quantitative estimate of drug-likeness (QED) is 0.449. The van der Waals surface area contributed by atoms with Crippen molar-refractivity contribution in [3.8, 4) is 0 Å². The molecule has 4 rings (SSSR count). The molecule has 2 heterocycles. The molecule has 10 heteroatoms. The van der Waals surface area contributed by atoms with E-state index in [1.54, 1.807) is 50.8 Å². The second kappa shape index (κ2) is 10.2. The molecular weight excluding hydrogens is 515 g/mol. The molecule has 0 radical (unpaired) electrons. The van der Waals surface area contributed by atoms with Crippen LogP contribution in [0.5, 0.6) is 0 Å². The number of carbonyl (C=O) groups is 2. The van der Waals surface area contributed by atoms with E-state index < -0.39 is 23.3 Å². The third-order valence-corrected chi connectivity index (χ3v) is 6.39. The molecule has 2 aromatic carbocycles. The number of fused-ring (bicyclic) bond motifs is 1. The highest BCUT2D eigenvalue weighted by Crippen LogP contribution is 2.40. The second-order valence-corrected chi connectivity index (χ2v) is 10.9. The van der Waals surface area contributed by atoms with Gasteiger partial charge in [0.2, 0.25) is 5.96 Å². The highest BCUT2D eigenvalue weighted by molar-refractivity contribution is 6.36. The molecule has 194 valence electrons. The molecule has 2 N–H and O–H groups in total. The Morgan fingerprint density at radius 3 is 2.49 bits per heavy atom. The number of hydrogen-bond donors (Lipinski definition) is 2. The van der Waals surface area contributed by atoms with Crippen LogP contribution in [0.4, 0.5) is 4.79 Å². The lowest BCUT2D eigenvalue weighted by atomic mass is 9.96. The molecule has 1 amide bonds. The Labute approximate surface area is 225 Å². The molecule has 0 fully saturated rings. The van der Waals surface area contributed by atoms with Crippen molar-refractivity contribution in [2.75, 3.05) is 6.54 Å². The molecule has 0 saturated heterocycles. The van der Waals surface area contributed by atoms with E-state index in [1.807, 2.05) is 30.3 Å². The predicted molar refractivity (Wildman–Crippen MR) is 145 cm³/mol. The molecule has 0 spiro atoms. The molecule has 8 nitrogen and oxygen atoms in total. The summed E-state index contributed by atoms with van der Waals surface area (Å²) in [5, 5.41) is 13.1. The number of amides is 1. The van der Waals surface area contributed by atoms with Crippen LogP contribution in [-0.2, 0) is 16.0 Å². The van der Waals surface area contributed by atoms with Crippen LogP contribution in [0.2, 0.25) is 10.0 Å². The third kappa shape index (κ3) is 6.14. The molecule has 37 heavy (non-hydrogen) atoms. The number of hydrogen-bond acceptors (Lipinski definition) is 6. The summed E-state index contributed by atoms with van der Waals surface area (Å²) in [6, 6.07) is 14.6. The van der Waals surface area contributed by atoms with E-state index in [9.17, 15) is 14.7 Å². The Kier molecular flexibility index (Phi) is 7.35. The maximum atomic E-state index is 12.9. The fourth-order valence-electron chi connectivity index (χ4n) is 4.50. The van der Waals surface area contributed by atoms with Gasteiger partial charge in [-0.2, -0.15) is 0 Å². The number of aliphatic imine (C=N–C) groups is 2. The topological polar surface area (TPSA) is 104 Å². The second-order valence-electron chi connectivity index (χ2n) is 10.0. The fourth-order valence-corrected chi connectivity index (χ4v) is 5.00. The fraction of sp³-hybridized carbons (Fsp3) is 0.333. The Bertz CT molecular complexity index is 1330. The van der Waals surface area contributed by atoms with Crippen LogP contribution in [-0.4, -0.2) is 51.5 Å². The molecular formula is C27H28Cl2N4O4. The monoisotopic (exact) mass is 542 g/mol. The van der Waals surface area contributed by atoms with Crippen molar-refractivity contribution < 1.29 is 19.4 Å². The summed E-state index contributed by atoms with van der Waals surface area (Å²) in [5.41, 5.74) is 1.45. The predicted octanol–water partition coefficient (Wildman–Crippen LogP) is 5.79. The minimum absolute atomic E-state index is 0.0529. The van der Waals surface area contributed by atoms with Crippen LogP contribution in [0.1, 0.15) is 45.2 Å². The minimum atomic E-state index is -1.21. The number of nitrogens with one attached hydrogen (secondary N) is 1. The summed E-state index contributed by atoms with van der Waals surface area (Å²) in [5.74, 6) is -0.0884. The standard InChI is InChI=1S/C27H28Cl2N4O4/c1-16-20(13-22(34)37-26(2,3)4)23(19-11-10-18(28)12-21(19)29)33-15-27(32-25(35)36,31-24(33)30-16)14-17-8-6-5-7-9-17/h5-12,32H,13-15H2,1-4H3,(H,35,36). The van der Waals surface area contributed by atoms with Crippen LogP contribution < -0.4 is 5.32 Å². The van der Waals surface area contributed by atoms with Gasteiger partial charge in [-0.1, -0.05) is 53.5 Å². The van der Waals surface area contributed by atoms with Gasteiger partial charge in [-0.3, -0.25) is 10.1 Å². The van der Waals surface area contributed by atoms with E-state index in [2.05, 4.69) is 10.3 Å². The average molecular weight is 543 g/mol. The zero-order chi connectivity index (χ0) is 27.0. The minimum Gasteiger partial charge on any atom is -0.465 e. The Morgan fingerprint density at radius 1 is 1.16 bits per heavy atom. The maximum Gasteiger partial charge on any atom is 0.406 e. The molecule has 0 aromatic heterocycles. The first-order valence-electron chi connectivity index (χ1n) is 11.7. The summed E-state index contributed by atoms with van der Waals surface area (Å²) >= 11 is 12.8. The number of carbonyl (C=O) groups excluding carboxylic acids is 1. The Hall–Kier alpha value is -3.36. The zero-order valence-corrected chi connectivity index (χ0v) is 22.5. The smallest absolute Gasteiger partial charge is 0.406 e. The van der Waals surface area contributed by atoms with Crippen molar-refractivity contribution >= 4 is 52.6 Å². The molecule has 2 aliphatic rings. The van der Waals surface area contributed by atoms with Gasteiger partial charge in [0.05, 0.1) is 23.7 Å². The largest absolute Gasteiger partial charge is 0.465 e. The van der Waals surface area contributed by atoms with Crippen LogP contribution >= 0.6 is 23.2 Å². The number of nitrogens with zero attached hydrogens (tertiary/aromatic N) is 3. The van der Waals surface area contributed by atoms with Gasteiger partial charge in [0.15, 0.2) is 5.66 Å². The number of rotatable bonds is 6. The van der Waals surface area contributed by atoms with Gasteiger partial charge in [-0.25, -0.2) is 14.8 Å². The first-order chi connectivity index (χ1) is 17.4. The number of halogens is 2. The van der Waals surface area contributed by atoms with E-state index in [1.165, 1.54) is 0 Å². The number of carboxylic acid groups (broad SMARTS) is 1. The SMILES string of the molecule is CC1=NC2=NC(Cc3ccccc3)(NC(=O)O)CN2C(c2ccc(Cl)cc2Cl)=C1CC(=O)OC(C)(C)C. The van der Waals surface area contributed by atoms with E-state index in [4.69, 9.17) is 32.9 Å². The molecule has 0 bridgehead atoms. The molecule has 2 aliphatic heterocycles. The van der Waals surface area contributed by atoms with Gasteiger partial charge in [0.1, 0.15) is 5.60 Å². The molecule has 0 saturated carbocycles. The lowest BCUT2D eigenvalue weighted by Crippen LogP contribution is -2.51. The Balaban J connectivity index is 1.83. The van der Waals surface area contributed by atoms with E-state index in [0.29, 0.717) is 45.0 Å². The average Bonchev–Trinajstić information content (AvgIpc) is 3.10. The molecule has 1 unspecified atom stereocenters. The van der Waals surface area contributed by atoms with Crippen LogP contribution in [0.25, 0.3) is 5.70 Å². The summed E-state index contributed by atoms with van der Waals surface area (Å²) in [6.07, 6.45) is -0.953. The third-order valence-electron chi connectivity index (χ3n) is 5.84. The van der Waals surface area contributed by atoms with Crippen molar-refractivity contribution in [3.63, 3.8) is 0 Å². The van der Waals surface area contributed by atoms with Crippen molar-refractivity contribution in [3.05, 3.63) is 75.3 Å². The van der Waals surface area contributed by atoms with Crippen molar-refractivity contribution in [1.29, 1.82) is 0 Å². The van der Waals surface area contributed by atoms with Crippen LogP contribution in [0, 0.1) is 0 Å². The zero-order valence-electron chi connectivity index (χ0n) is 21.0. The van der Waals surface area contributed by atoms with Gasteiger partial charge in [0, 0.05) is 28.3 Å². The van der Waals surface area contributed by atoms with Gasteiger partial charge in [-0.05, 0) is 51.5 Å². The number of guanidine groups is 1. The Morgan fingerprint density at radius 2 is 1.86 bits per heavy atom. The molecule has 1 atom stereocenters. The lowest BCUT2D eigenvalue weighted by molar-refractivity contribution is -0.153. The maximum absolute atomic E-state index is 12.9. The van der Waals surface area contributed by atoms with Crippen molar-refractivity contribution in [1.82, 2.24) is 10.2 Å². The van der Waals surface area contributed by atoms with Gasteiger partial charge in [-0.15, -0.1) is 0 Å². The highest BCUT2D eigenvalue weighted by Gasteiger charge is 2.45. The highest BCUT2D eigenvalue weighted by atomic mass is 35.5. The van der Waals surface area contributed by atoms with Crippen molar-refractivity contribution in [2.24, 2.45) is 9.98 Å². The number of esters is 1. The van der Waals surface area contributed by atoms with E-state index >= 15 is 0 Å². The molecule has 2 aromatic rings. The van der Waals surface area contributed by atoms with Gasteiger partial charge >= 0.3 is 12.1 Å². The number of benzene rings is 2. The first-order valence-corrected chi connectivity index (χ1v) is 12.5. The normalized spacial score (nSPS) is 19.2.